The molecule has 0 unspecified atom stereocenters. The number of nitriles is 1. The van der Waals surface area contributed by atoms with Crippen LogP contribution in [0.25, 0.3) is 0 Å². The molecule has 0 heterocycles. The van der Waals surface area contributed by atoms with Crippen molar-refractivity contribution in [2.45, 2.75) is 6.42 Å². The highest BCUT2D eigenvalue weighted by Crippen LogP contribution is 2.12. The maximum Gasteiger partial charge on any atom is 0.269 e. The highest BCUT2D eigenvalue weighted by molar-refractivity contribution is 5.95. The van der Waals surface area contributed by atoms with Gasteiger partial charge in [0.05, 0.1) is 16.6 Å². The minimum atomic E-state index is -0.546. The molecule has 2 aromatic rings. The van der Waals surface area contributed by atoms with Crippen molar-refractivity contribution >= 4 is 23.2 Å². The van der Waals surface area contributed by atoms with Gasteiger partial charge in [0.15, 0.2) is 0 Å². The second kappa shape index (κ2) is 8.21. The molecule has 0 aliphatic carbocycles. The number of nitrogens with one attached hydrogen (secondary N) is 2. The van der Waals surface area contributed by atoms with Crippen molar-refractivity contribution in [1.29, 1.82) is 5.26 Å². The van der Waals surface area contributed by atoms with Crippen LogP contribution in [-0.2, 0) is 4.79 Å². The monoisotopic (exact) mass is 338 g/mol. The van der Waals surface area contributed by atoms with Gasteiger partial charge in [0.25, 0.3) is 11.6 Å². The summed E-state index contributed by atoms with van der Waals surface area (Å²) in [5.41, 5.74) is 1.23. The number of carbonyl (C=O) groups is 2. The zero-order valence-corrected chi connectivity index (χ0v) is 13.1. The number of nitro benzene ring substituents is 1. The topological polar surface area (TPSA) is 125 Å². The lowest BCUT2D eigenvalue weighted by molar-refractivity contribution is -0.384. The van der Waals surface area contributed by atoms with Crippen LogP contribution in [0.4, 0.5) is 11.4 Å². The van der Waals surface area contributed by atoms with E-state index >= 15 is 0 Å². The smallest absolute Gasteiger partial charge is 0.269 e. The lowest BCUT2D eigenvalue weighted by Gasteiger charge is -2.07. The maximum absolute atomic E-state index is 11.9. The second-order valence-electron chi connectivity index (χ2n) is 5.05. The van der Waals surface area contributed by atoms with Crippen molar-refractivity contribution in [3.05, 3.63) is 69.8 Å². The van der Waals surface area contributed by atoms with E-state index in [0.29, 0.717) is 11.3 Å². The third-order valence-corrected chi connectivity index (χ3v) is 3.28. The Morgan fingerprint density at radius 2 is 1.72 bits per heavy atom. The summed E-state index contributed by atoms with van der Waals surface area (Å²) in [4.78, 5) is 33.7. The van der Waals surface area contributed by atoms with Gasteiger partial charge < -0.3 is 10.6 Å². The Balaban J connectivity index is 1.79. The van der Waals surface area contributed by atoms with Crippen LogP contribution in [-0.4, -0.2) is 23.3 Å². The number of anilines is 1. The number of nitrogens with zero attached hydrogens (tertiary/aromatic N) is 2. The van der Waals surface area contributed by atoms with Crippen LogP contribution in [0.1, 0.15) is 22.3 Å². The molecule has 2 amide bonds. The molecule has 0 saturated carbocycles. The molecule has 0 radical (unpaired) electrons. The van der Waals surface area contributed by atoms with Gasteiger partial charge in [-0.1, -0.05) is 0 Å². The fourth-order valence-corrected chi connectivity index (χ4v) is 1.98. The second-order valence-corrected chi connectivity index (χ2v) is 5.05. The fraction of sp³-hybridized carbons (Fsp3) is 0.118. The summed E-state index contributed by atoms with van der Waals surface area (Å²) < 4.78 is 0. The van der Waals surface area contributed by atoms with Gasteiger partial charge in [-0.15, -0.1) is 0 Å². The summed E-state index contributed by atoms with van der Waals surface area (Å²) in [5.74, 6) is -0.699. The number of rotatable bonds is 6. The zero-order valence-electron chi connectivity index (χ0n) is 13.1. The Bertz CT molecular complexity index is 823. The molecule has 8 nitrogen and oxygen atoms in total. The predicted molar refractivity (Wildman–Crippen MR) is 89.8 cm³/mol. The Hall–Kier alpha value is -3.73. The summed E-state index contributed by atoms with van der Waals surface area (Å²) in [6.45, 7) is 0.123. The van der Waals surface area contributed by atoms with Crippen LogP contribution in [0.3, 0.4) is 0 Å². The molecule has 0 saturated heterocycles. The van der Waals surface area contributed by atoms with E-state index in [0.717, 1.165) is 0 Å². The van der Waals surface area contributed by atoms with Crippen LogP contribution < -0.4 is 10.6 Å². The van der Waals surface area contributed by atoms with E-state index in [2.05, 4.69) is 10.6 Å². The zero-order chi connectivity index (χ0) is 18.2. The number of carbonyl (C=O) groups excluding carboxylic acids is 2. The van der Waals surface area contributed by atoms with Crippen molar-refractivity contribution < 1.29 is 14.5 Å². The van der Waals surface area contributed by atoms with Gasteiger partial charge in [-0.2, -0.15) is 5.26 Å². The SMILES string of the molecule is N#Cc1ccc(NC(=O)CCNC(=O)c2ccc([N+](=O)[O-])cc2)cc1. The average molecular weight is 338 g/mol. The molecule has 0 spiro atoms. The molecule has 0 aliphatic heterocycles. The number of hydrogen-bond acceptors (Lipinski definition) is 5. The Morgan fingerprint density at radius 3 is 2.28 bits per heavy atom. The van der Waals surface area contributed by atoms with E-state index in [-0.39, 0.29) is 30.1 Å². The Labute approximate surface area is 143 Å². The van der Waals surface area contributed by atoms with E-state index < -0.39 is 10.8 Å². The van der Waals surface area contributed by atoms with Crippen molar-refractivity contribution in [3.63, 3.8) is 0 Å². The summed E-state index contributed by atoms with van der Waals surface area (Å²) in [6, 6.07) is 13.6. The molecule has 126 valence electrons. The molecule has 2 rings (SSSR count). The minimum absolute atomic E-state index is 0.0682. The highest BCUT2D eigenvalue weighted by Gasteiger charge is 2.10. The first-order valence-electron chi connectivity index (χ1n) is 7.32. The quantitative estimate of drug-likeness (QED) is 0.617. The third kappa shape index (κ3) is 5.14. The van der Waals surface area contributed by atoms with Gasteiger partial charge >= 0.3 is 0 Å². The standard InChI is InChI=1S/C17H14N4O4/c18-11-12-1-5-14(6-2-12)20-16(22)9-10-19-17(23)13-3-7-15(8-4-13)21(24)25/h1-8H,9-10H2,(H,19,23)(H,20,22). The first-order chi connectivity index (χ1) is 12.0. The van der Waals surface area contributed by atoms with Crippen LogP contribution in [0.15, 0.2) is 48.5 Å². The normalized spacial score (nSPS) is 9.72. The first kappa shape index (κ1) is 17.6. The van der Waals surface area contributed by atoms with Crippen LogP contribution in [0.2, 0.25) is 0 Å². The van der Waals surface area contributed by atoms with Crippen molar-refractivity contribution in [2.75, 3.05) is 11.9 Å². The predicted octanol–water partition coefficient (Wildman–Crippen LogP) is 2.23. The number of non-ortho nitro benzene ring substituents is 1. The molecule has 0 aromatic heterocycles. The van der Waals surface area contributed by atoms with Crippen molar-refractivity contribution in [2.24, 2.45) is 0 Å². The van der Waals surface area contributed by atoms with Gasteiger partial charge in [0.2, 0.25) is 5.91 Å². The lowest BCUT2D eigenvalue weighted by Crippen LogP contribution is -2.27. The molecule has 0 aliphatic rings. The van der Waals surface area contributed by atoms with E-state index in [4.69, 9.17) is 5.26 Å². The van der Waals surface area contributed by atoms with Crippen LogP contribution >= 0.6 is 0 Å². The number of hydrogen-bond donors (Lipinski definition) is 2. The Kier molecular flexibility index (Phi) is 5.79. The van der Waals surface area contributed by atoms with Crippen molar-refractivity contribution in [1.82, 2.24) is 5.32 Å². The molecule has 8 heteroatoms. The van der Waals surface area contributed by atoms with Crippen molar-refractivity contribution in [3.8, 4) is 6.07 Å². The first-order valence-corrected chi connectivity index (χ1v) is 7.32. The molecule has 25 heavy (non-hydrogen) atoms. The van der Waals surface area contributed by atoms with Gasteiger partial charge in [-0.3, -0.25) is 19.7 Å². The molecule has 0 atom stereocenters. The van der Waals surface area contributed by atoms with E-state index in [1.54, 1.807) is 24.3 Å². The Morgan fingerprint density at radius 1 is 1.08 bits per heavy atom. The minimum Gasteiger partial charge on any atom is -0.352 e. The van der Waals surface area contributed by atoms with Crippen LogP contribution in [0.5, 0.6) is 0 Å². The number of amides is 2. The van der Waals surface area contributed by atoms with Crippen LogP contribution in [0, 0.1) is 21.4 Å². The number of benzene rings is 2. The molecule has 0 fully saturated rings. The molecule has 2 aromatic carbocycles. The van der Waals surface area contributed by atoms with Gasteiger partial charge in [0, 0.05) is 36.3 Å². The summed E-state index contributed by atoms with van der Waals surface area (Å²) in [5, 5.41) is 24.5. The number of nitro groups is 1. The van der Waals surface area contributed by atoms with Gasteiger partial charge in [0.1, 0.15) is 0 Å². The summed E-state index contributed by atoms with van der Waals surface area (Å²) in [7, 11) is 0. The molecule has 0 bridgehead atoms. The van der Waals surface area contributed by atoms with Gasteiger partial charge in [-0.25, -0.2) is 0 Å². The average Bonchev–Trinajstić information content (AvgIpc) is 2.62. The fourth-order valence-electron chi connectivity index (χ4n) is 1.98. The largest absolute Gasteiger partial charge is 0.352 e. The van der Waals surface area contributed by atoms with Gasteiger partial charge in [-0.05, 0) is 36.4 Å². The highest BCUT2D eigenvalue weighted by atomic mass is 16.6. The molecule has 2 N–H and O–H groups in total. The van der Waals surface area contributed by atoms with E-state index in [1.807, 2.05) is 6.07 Å². The summed E-state index contributed by atoms with van der Waals surface area (Å²) in [6.07, 6.45) is 0.0682. The maximum atomic E-state index is 11.9. The molecular weight excluding hydrogens is 324 g/mol. The van der Waals surface area contributed by atoms with E-state index in [9.17, 15) is 19.7 Å². The molecular formula is C17H14N4O4. The van der Waals surface area contributed by atoms with E-state index in [1.165, 1.54) is 24.3 Å². The third-order valence-electron chi connectivity index (χ3n) is 3.28. The summed E-state index contributed by atoms with van der Waals surface area (Å²) >= 11 is 0. The lowest BCUT2D eigenvalue weighted by atomic mass is 10.2.